The molecule has 0 aromatic heterocycles. The summed E-state index contributed by atoms with van der Waals surface area (Å²) in [6.45, 7) is 12.2. The maximum atomic E-state index is 13.4. The monoisotopic (exact) mass is 444 g/mol. The van der Waals surface area contributed by atoms with E-state index in [2.05, 4.69) is 24.5 Å². The van der Waals surface area contributed by atoms with Crippen LogP contribution >= 0.6 is 0 Å². The van der Waals surface area contributed by atoms with Crippen LogP contribution in [0, 0.1) is 5.92 Å². The minimum Gasteiger partial charge on any atom is -0.340 e. The number of urea groups is 1. The highest BCUT2D eigenvalue weighted by Gasteiger charge is 2.35. The molecule has 1 aliphatic heterocycles. The van der Waals surface area contributed by atoms with E-state index < -0.39 is 6.04 Å². The average molecular weight is 445 g/mol. The van der Waals surface area contributed by atoms with Gasteiger partial charge in [-0.3, -0.25) is 9.59 Å². The SMILES string of the molecule is CCCCNC(=O)N1CCN(C(=O)C(NC(=O)c2ccc(CC)cc2)C(C)CC)CC1C. The number of hydrogen-bond donors (Lipinski definition) is 2. The van der Waals surface area contributed by atoms with E-state index in [9.17, 15) is 14.4 Å². The third kappa shape index (κ3) is 6.71. The molecular formula is C25H40N4O3. The van der Waals surface area contributed by atoms with E-state index in [0.29, 0.717) is 31.7 Å². The van der Waals surface area contributed by atoms with Crippen LogP contribution in [-0.2, 0) is 11.2 Å². The van der Waals surface area contributed by atoms with Crippen molar-refractivity contribution in [1.29, 1.82) is 0 Å². The van der Waals surface area contributed by atoms with E-state index >= 15 is 0 Å². The number of nitrogens with zero attached hydrogens (tertiary/aromatic N) is 2. The minimum absolute atomic E-state index is 0.00652. The first-order valence-electron chi connectivity index (χ1n) is 12.0. The van der Waals surface area contributed by atoms with Crippen molar-refractivity contribution in [2.45, 2.75) is 72.4 Å². The van der Waals surface area contributed by atoms with Crippen molar-refractivity contribution in [2.75, 3.05) is 26.2 Å². The summed E-state index contributed by atoms with van der Waals surface area (Å²) in [4.78, 5) is 42.3. The van der Waals surface area contributed by atoms with Crippen LogP contribution in [0.1, 0.15) is 69.8 Å². The number of unbranched alkanes of at least 4 members (excludes halogenated alkanes) is 1. The molecule has 1 aliphatic rings. The molecular weight excluding hydrogens is 404 g/mol. The number of amides is 4. The van der Waals surface area contributed by atoms with Crippen LogP contribution in [0.3, 0.4) is 0 Å². The number of aryl methyl sites for hydroxylation is 1. The Hall–Kier alpha value is -2.57. The number of hydrogen-bond acceptors (Lipinski definition) is 3. The standard InChI is InChI=1S/C25H40N4O3/c1-6-9-14-26-25(32)29-16-15-28(17-19(29)5)24(31)22(18(4)7-2)27-23(30)21-12-10-20(8-3)11-13-21/h10-13,18-19,22H,6-9,14-17H2,1-5H3,(H,26,32)(H,27,30). The van der Waals surface area contributed by atoms with Gasteiger partial charge in [-0.15, -0.1) is 0 Å². The molecule has 1 aromatic carbocycles. The lowest BCUT2D eigenvalue weighted by Gasteiger charge is -2.41. The van der Waals surface area contributed by atoms with Gasteiger partial charge in [0, 0.05) is 37.8 Å². The van der Waals surface area contributed by atoms with E-state index in [0.717, 1.165) is 25.7 Å². The number of benzene rings is 1. The molecule has 2 rings (SSSR count). The highest BCUT2D eigenvalue weighted by Crippen LogP contribution is 2.17. The lowest BCUT2D eigenvalue weighted by molar-refractivity contribution is -0.136. The highest BCUT2D eigenvalue weighted by molar-refractivity contribution is 5.97. The number of nitrogens with one attached hydrogen (secondary N) is 2. The first kappa shape index (κ1) is 25.7. The second-order valence-corrected chi connectivity index (χ2v) is 8.80. The summed E-state index contributed by atoms with van der Waals surface area (Å²) in [5, 5.41) is 5.94. The fourth-order valence-corrected chi connectivity index (χ4v) is 3.93. The van der Waals surface area contributed by atoms with Gasteiger partial charge < -0.3 is 20.4 Å². The molecule has 1 heterocycles. The summed E-state index contributed by atoms with van der Waals surface area (Å²) >= 11 is 0. The molecule has 3 unspecified atom stereocenters. The molecule has 1 fully saturated rings. The quantitative estimate of drug-likeness (QED) is 0.573. The molecule has 4 amide bonds. The van der Waals surface area contributed by atoms with E-state index in [1.165, 1.54) is 5.56 Å². The van der Waals surface area contributed by atoms with Gasteiger partial charge in [-0.1, -0.05) is 52.7 Å². The number of carbonyl (C=O) groups is 3. The number of rotatable bonds is 9. The van der Waals surface area contributed by atoms with Crippen molar-refractivity contribution in [2.24, 2.45) is 5.92 Å². The molecule has 1 aromatic rings. The average Bonchev–Trinajstić information content (AvgIpc) is 2.81. The van der Waals surface area contributed by atoms with Gasteiger partial charge in [0.05, 0.1) is 0 Å². The van der Waals surface area contributed by atoms with Crippen molar-refractivity contribution < 1.29 is 14.4 Å². The van der Waals surface area contributed by atoms with Crippen LogP contribution in [0.2, 0.25) is 0 Å². The third-order valence-corrected chi connectivity index (χ3v) is 6.40. The molecule has 0 radical (unpaired) electrons. The van der Waals surface area contributed by atoms with Crippen LogP contribution in [0.15, 0.2) is 24.3 Å². The zero-order valence-electron chi connectivity index (χ0n) is 20.3. The summed E-state index contributed by atoms with van der Waals surface area (Å²) in [5.74, 6) is -0.295. The van der Waals surface area contributed by atoms with E-state index in [1.807, 2.05) is 45.0 Å². The Bertz CT molecular complexity index is 765. The topological polar surface area (TPSA) is 81.8 Å². The fraction of sp³-hybridized carbons (Fsp3) is 0.640. The molecule has 3 atom stereocenters. The van der Waals surface area contributed by atoms with Gasteiger partial charge in [-0.25, -0.2) is 4.79 Å². The van der Waals surface area contributed by atoms with Crippen molar-refractivity contribution in [1.82, 2.24) is 20.4 Å². The minimum atomic E-state index is -0.588. The normalized spacial score (nSPS) is 18.1. The summed E-state index contributed by atoms with van der Waals surface area (Å²) in [5.41, 5.74) is 1.73. The molecule has 2 N–H and O–H groups in total. The maximum Gasteiger partial charge on any atom is 0.317 e. The summed E-state index contributed by atoms with van der Waals surface area (Å²) in [6, 6.07) is 6.78. The molecule has 0 aliphatic carbocycles. The third-order valence-electron chi connectivity index (χ3n) is 6.40. The van der Waals surface area contributed by atoms with Crippen molar-refractivity contribution in [3.8, 4) is 0 Å². The van der Waals surface area contributed by atoms with Gasteiger partial charge >= 0.3 is 6.03 Å². The summed E-state index contributed by atoms with van der Waals surface area (Å²) < 4.78 is 0. The zero-order valence-corrected chi connectivity index (χ0v) is 20.3. The largest absolute Gasteiger partial charge is 0.340 e. The van der Waals surface area contributed by atoms with Gasteiger partial charge in [0.25, 0.3) is 5.91 Å². The van der Waals surface area contributed by atoms with Crippen molar-refractivity contribution in [3.63, 3.8) is 0 Å². The van der Waals surface area contributed by atoms with E-state index in [4.69, 9.17) is 0 Å². The number of carbonyl (C=O) groups excluding carboxylic acids is 3. The maximum absolute atomic E-state index is 13.4. The van der Waals surface area contributed by atoms with Crippen LogP contribution in [0.5, 0.6) is 0 Å². The second kappa shape index (κ2) is 12.5. The van der Waals surface area contributed by atoms with Gasteiger partial charge in [0.2, 0.25) is 5.91 Å². The second-order valence-electron chi connectivity index (χ2n) is 8.80. The Morgan fingerprint density at radius 3 is 2.34 bits per heavy atom. The molecule has 0 spiro atoms. The first-order chi connectivity index (χ1) is 15.3. The first-order valence-corrected chi connectivity index (χ1v) is 12.0. The Labute approximate surface area is 192 Å². The zero-order chi connectivity index (χ0) is 23.7. The Kier molecular flexibility index (Phi) is 10.0. The predicted octanol–water partition coefficient (Wildman–Crippen LogP) is 3.44. The van der Waals surface area contributed by atoms with Crippen LogP contribution in [0.25, 0.3) is 0 Å². The van der Waals surface area contributed by atoms with Crippen molar-refractivity contribution in [3.05, 3.63) is 35.4 Å². The van der Waals surface area contributed by atoms with Crippen LogP contribution in [0.4, 0.5) is 4.79 Å². The lowest BCUT2D eigenvalue weighted by atomic mass is 9.96. The molecule has 1 saturated heterocycles. The fourth-order valence-electron chi connectivity index (χ4n) is 3.93. The van der Waals surface area contributed by atoms with Gasteiger partial charge in [-0.2, -0.15) is 0 Å². The molecule has 0 saturated carbocycles. The highest BCUT2D eigenvalue weighted by atomic mass is 16.2. The molecule has 0 bridgehead atoms. The molecule has 32 heavy (non-hydrogen) atoms. The van der Waals surface area contributed by atoms with Crippen LogP contribution in [-0.4, -0.2) is 65.9 Å². The van der Waals surface area contributed by atoms with E-state index in [1.54, 1.807) is 9.80 Å². The predicted molar refractivity (Wildman–Crippen MR) is 128 cm³/mol. The summed E-state index contributed by atoms with van der Waals surface area (Å²) in [7, 11) is 0. The molecule has 7 nitrogen and oxygen atoms in total. The van der Waals surface area contributed by atoms with Gasteiger partial charge in [-0.05, 0) is 43.4 Å². The smallest absolute Gasteiger partial charge is 0.317 e. The lowest BCUT2D eigenvalue weighted by Crippen LogP contribution is -2.61. The Morgan fingerprint density at radius 2 is 1.78 bits per heavy atom. The van der Waals surface area contributed by atoms with Crippen LogP contribution < -0.4 is 10.6 Å². The van der Waals surface area contributed by atoms with Gasteiger partial charge in [0.1, 0.15) is 6.04 Å². The number of piperazine rings is 1. The molecule has 7 heteroatoms. The van der Waals surface area contributed by atoms with E-state index in [-0.39, 0.29) is 29.8 Å². The molecule has 178 valence electrons. The Morgan fingerprint density at radius 1 is 1.09 bits per heavy atom. The van der Waals surface area contributed by atoms with Crippen molar-refractivity contribution >= 4 is 17.8 Å². The Balaban J connectivity index is 2.03. The van der Waals surface area contributed by atoms with Gasteiger partial charge in [0.15, 0.2) is 0 Å². The summed E-state index contributed by atoms with van der Waals surface area (Å²) in [6.07, 6.45) is 3.68.